The number of hydrogen-bond acceptors (Lipinski definition) is 2. The smallest absolute Gasteiger partial charge is 0.0689 e. The van der Waals surface area contributed by atoms with Crippen LogP contribution in [-0.2, 0) is 11.2 Å². The van der Waals surface area contributed by atoms with Crippen LogP contribution in [0.15, 0.2) is 28.7 Å². The van der Waals surface area contributed by atoms with Gasteiger partial charge in [-0.05, 0) is 43.4 Å². The summed E-state index contributed by atoms with van der Waals surface area (Å²) in [6.45, 7) is 3.51. The molecule has 0 saturated carbocycles. The van der Waals surface area contributed by atoms with Crippen LogP contribution in [-0.4, -0.2) is 23.9 Å². The Labute approximate surface area is 111 Å². The summed E-state index contributed by atoms with van der Waals surface area (Å²) in [4.78, 5) is 0. The van der Waals surface area contributed by atoms with Crippen molar-refractivity contribution in [2.24, 2.45) is 5.92 Å². The molecule has 1 saturated heterocycles. The van der Waals surface area contributed by atoms with Gasteiger partial charge in [-0.1, -0.05) is 28.1 Å². The molecule has 94 valence electrons. The number of aliphatic hydroxyl groups is 1. The molecule has 2 nitrogen and oxygen atoms in total. The van der Waals surface area contributed by atoms with Crippen molar-refractivity contribution in [1.29, 1.82) is 0 Å². The Bertz CT molecular complexity index is 353. The first kappa shape index (κ1) is 13.1. The first-order valence-electron chi connectivity index (χ1n) is 6.12. The SMILES string of the molecule is CC(O)(Cc1ccc(Br)cc1)C1CCOCC1. The van der Waals surface area contributed by atoms with Crippen molar-refractivity contribution in [2.75, 3.05) is 13.2 Å². The molecule has 0 aromatic heterocycles. The Balaban J connectivity index is 2.02. The molecule has 1 aromatic carbocycles. The van der Waals surface area contributed by atoms with E-state index in [2.05, 4.69) is 28.1 Å². The van der Waals surface area contributed by atoms with Crippen LogP contribution in [0.5, 0.6) is 0 Å². The lowest BCUT2D eigenvalue weighted by Crippen LogP contribution is -2.40. The van der Waals surface area contributed by atoms with E-state index in [1.165, 1.54) is 5.56 Å². The predicted molar refractivity (Wildman–Crippen MR) is 72.0 cm³/mol. The largest absolute Gasteiger partial charge is 0.390 e. The lowest BCUT2D eigenvalue weighted by molar-refractivity contribution is -0.0530. The van der Waals surface area contributed by atoms with Gasteiger partial charge in [-0.25, -0.2) is 0 Å². The molecule has 1 aliphatic rings. The third-order valence-corrected chi connectivity index (χ3v) is 4.10. The number of hydrogen-bond donors (Lipinski definition) is 1. The Kier molecular flexibility index (Phi) is 4.23. The maximum absolute atomic E-state index is 10.6. The van der Waals surface area contributed by atoms with Crippen LogP contribution in [0, 0.1) is 5.92 Å². The van der Waals surface area contributed by atoms with Crippen LogP contribution >= 0.6 is 15.9 Å². The summed E-state index contributed by atoms with van der Waals surface area (Å²) < 4.78 is 6.42. The van der Waals surface area contributed by atoms with E-state index in [9.17, 15) is 5.11 Å². The van der Waals surface area contributed by atoms with Crippen LogP contribution in [0.3, 0.4) is 0 Å². The van der Waals surface area contributed by atoms with E-state index in [-0.39, 0.29) is 0 Å². The highest BCUT2D eigenvalue weighted by Crippen LogP contribution is 2.30. The second-order valence-electron chi connectivity index (χ2n) is 5.05. The minimum absolute atomic E-state index is 0.347. The summed E-state index contributed by atoms with van der Waals surface area (Å²) in [7, 11) is 0. The van der Waals surface area contributed by atoms with Crippen molar-refractivity contribution >= 4 is 15.9 Å². The molecule has 1 unspecified atom stereocenters. The average molecular weight is 299 g/mol. The Morgan fingerprint density at radius 2 is 1.88 bits per heavy atom. The molecular formula is C14H19BrO2. The van der Waals surface area contributed by atoms with Crippen molar-refractivity contribution in [3.8, 4) is 0 Å². The number of ether oxygens (including phenoxy) is 1. The molecule has 0 aliphatic carbocycles. The van der Waals surface area contributed by atoms with Crippen molar-refractivity contribution in [1.82, 2.24) is 0 Å². The predicted octanol–water partition coefficient (Wildman–Crippen LogP) is 3.17. The summed E-state index contributed by atoms with van der Waals surface area (Å²) in [5.74, 6) is 0.347. The lowest BCUT2D eigenvalue weighted by Gasteiger charge is -2.35. The van der Waals surface area contributed by atoms with Crippen molar-refractivity contribution in [3.05, 3.63) is 34.3 Å². The molecule has 0 spiro atoms. The molecular weight excluding hydrogens is 280 g/mol. The summed E-state index contributed by atoms with van der Waals surface area (Å²) in [5, 5.41) is 10.6. The van der Waals surface area contributed by atoms with E-state index in [1.807, 2.05) is 19.1 Å². The summed E-state index contributed by atoms with van der Waals surface area (Å²) >= 11 is 3.42. The molecule has 1 aromatic rings. The summed E-state index contributed by atoms with van der Waals surface area (Å²) in [6, 6.07) is 8.18. The number of rotatable bonds is 3. The zero-order chi connectivity index (χ0) is 12.3. The highest BCUT2D eigenvalue weighted by atomic mass is 79.9. The minimum atomic E-state index is -0.627. The average Bonchev–Trinajstić information content (AvgIpc) is 2.33. The topological polar surface area (TPSA) is 29.5 Å². The maximum Gasteiger partial charge on any atom is 0.0689 e. The van der Waals surface area contributed by atoms with Gasteiger partial charge >= 0.3 is 0 Å². The fourth-order valence-corrected chi connectivity index (χ4v) is 2.74. The van der Waals surface area contributed by atoms with Crippen LogP contribution in [0.2, 0.25) is 0 Å². The monoisotopic (exact) mass is 298 g/mol. The van der Waals surface area contributed by atoms with Crippen molar-refractivity contribution < 1.29 is 9.84 Å². The quantitative estimate of drug-likeness (QED) is 0.929. The lowest BCUT2D eigenvalue weighted by atomic mass is 9.79. The van der Waals surface area contributed by atoms with Crippen LogP contribution in [0.4, 0.5) is 0 Å². The van der Waals surface area contributed by atoms with E-state index in [0.29, 0.717) is 12.3 Å². The van der Waals surface area contributed by atoms with Crippen LogP contribution < -0.4 is 0 Å². The summed E-state index contributed by atoms with van der Waals surface area (Å²) in [5.41, 5.74) is 0.558. The molecule has 17 heavy (non-hydrogen) atoms. The highest BCUT2D eigenvalue weighted by Gasteiger charge is 2.33. The molecule has 2 rings (SSSR count). The van der Waals surface area contributed by atoms with E-state index >= 15 is 0 Å². The fourth-order valence-electron chi connectivity index (χ4n) is 2.48. The van der Waals surface area contributed by atoms with Gasteiger partial charge in [0.25, 0.3) is 0 Å². The van der Waals surface area contributed by atoms with E-state index in [0.717, 1.165) is 30.5 Å². The Morgan fingerprint density at radius 1 is 1.29 bits per heavy atom. The molecule has 1 fully saturated rings. The normalized spacial score (nSPS) is 21.1. The van der Waals surface area contributed by atoms with Gasteiger partial charge in [-0.3, -0.25) is 0 Å². The molecule has 1 aliphatic heterocycles. The van der Waals surface area contributed by atoms with Crippen molar-refractivity contribution in [2.45, 2.75) is 31.8 Å². The zero-order valence-corrected chi connectivity index (χ0v) is 11.7. The molecule has 0 bridgehead atoms. The minimum Gasteiger partial charge on any atom is -0.390 e. The van der Waals surface area contributed by atoms with Gasteiger partial charge in [0.15, 0.2) is 0 Å². The molecule has 1 heterocycles. The third kappa shape index (κ3) is 3.54. The second kappa shape index (κ2) is 5.51. The number of halogens is 1. The third-order valence-electron chi connectivity index (χ3n) is 3.58. The Hall–Kier alpha value is -0.380. The van der Waals surface area contributed by atoms with Gasteiger partial charge in [0.2, 0.25) is 0 Å². The first-order valence-corrected chi connectivity index (χ1v) is 6.92. The van der Waals surface area contributed by atoms with Gasteiger partial charge in [0, 0.05) is 24.1 Å². The van der Waals surface area contributed by atoms with Crippen LogP contribution in [0.1, 0.15) is 25.3 Å². The molecule has 1 atom stereocenters. The van der Waals surface area contributed by atoms with Gasteiger partial charge in [0.05, 0.1) is 5.60 Å². The number of benzene rings is 1. The van der Waals surface area contributed by atoms with Gasteiger partial charge in [-0.2, -0.15) is 0 Å². The molecule has 0 amide bonds. The van der Waals surface area contributed by atoms with E-state index in [1.54, 1.807) is 0 Å². The molecule has 0 radical (unpaired) electrons. The van der Waals surface area contributed by atoms with Crippen molar-refractivity contribution in [3.63, 3.8) is 0 Å². The van der Waals surface area contributed by atoms with E-state index < -0.39 is 5.60 Å². The standard InChI is InChI=1S/C14H19BrO2/c1-14(16,12-6-8-17-9-7-12)10-11-2-4-13(15)5-3-11/h2-5,12,16H,6-10H2,1H3. The van der Waals surface area contributed by atoms with Gasteiger partial charge < -0.3 is 9.84 Å². The molecule has 3 heteroatoms. The van der Waals surface area contributed by atoms with Gasteiger partial charge in [0.1, 0.15) is 0 Å². The zero-order valence-electron chi connectivity index (χ0n) is 10.2. The first-order chi connectivity index (χ1) is 8.08. The Morgan fingerprint density at radius 3 is 2.47 bits per heavy atom. The highest BCUT2D eigenvalue weighted by molar-refractivity contribution is 9.10. The van der Waals surface area contributed by atoms with Crippen LogP contribution in [0.25, 0.3) is 0 Å². The fraction of sp³-hybridized carbons (Fsp3) is 0.571. The second-order valence-corrected chi connectivity index (χ2v) is 5.96. The summed E-state index contributed by atoms with van der Waals surface area (Å²) in [6.07, 6.45) is 2.64. The maximum atomic E-state index is 10.6. The molecule has 1 N–H and O–H groups in total. The van der Waals surface area contributed by atoms with Gasteiger partial charge in [-0.15, -0.1) is 0 Å². The van der Waals surface area contributed by atoms with E-state index in [4.69, 9.17) is 4.74 Å².